The van der Waals surface area contributed by atoms with Gasteiger partial charge in [-0.05, 0) is 44.9 Å². The van der Waals surface area contributed by atoms with Crippen molar-refractivity contribution in [1.82, 2.24) is 20.1 Å². The Morgan fingerprint density at radius 1 is 1.26 bits per heavy atom. The minimum Gasteiger partial charge on any atom is -0.352 e. The zero-order valence-electron chi connectivity index (χ0n) is 14.6. The quantitative estimate of drug-likeness (QED) is 0.838. The summed E-state index contributed by atoms with van der Waals surface area (Å²) in [5.74, 6) is 2.33. The third kappa shape index (κ3) is 3.73. The summed E-state index contributed by atoms with van der Waals surface area (Å²) in [5, 5.41) is 12.5. The largest absolute Gasteiger partial charge is 0.352 e. The zero-order valence-corrected chi connectivity index (χ0v) is 15.4. The van der Waals surface area contributed by atoms with Gasteiger partial charge in [0.15, 0.2) is 5.16 Å². The summed E-state index contributed by atoms with van der Waals surface area (Å²) >= 11 is 1.54. The molecule has 0 spiro atoms. The standard InChI is InChI=1S/C17H28N4OS/c1-10-6-5-7-15(11(10)2)18-16(22)12(3)23-17-20-19-13(4)21(17)14-8-9-14/h10-12,14-15H,5-9H2,1-4H3,(H,18,22)/t10-,11-,12+,15-/m0/s1. The number of rotatable bonds is 5. The first-order valence-corrected chi connectivity index (χ1v) is 9.74. The van der Waals surface area contributed by atoms with E-state index in [9.17, 15) is 4.79 Å². The van der Waals surface area contributed by atoms with Crippen molar-refractivity contribution in [2.75, 3.05) is 0 Å². The van der Waals surface area contributed by atoms with E-state index in [0.29, 0.717) is 23.9 Å². The van der Waals surface area contributed by atoms with E-state index in [1.807, 2.05) is 13.8 Å². The Balaban J connectivity index is 1.59. The van der Waals surface area contributed by atoms with Crippen molar-refractivity contribution in [2.24, 2.45) is 11.8 Å². The molecule has 2 saturated carbocycles. The summed E-state index contributed by atoms with van der Waals surface area (Å²) < 4.78 is 2.19. The molecule has 2 aliphatic carbocycles. The van der Waals surface area contributed by atoms with Crippen LogP contribution in [-0.2, 0) is 4.79 Å². The van der Waals surface area contributed by atoms with Crippen molar-refractivity contribution < 1.29 is 4.79 Å². The fourth-order valence-corrected chi connectivity index (χ4v) is 4.45. The van der Waals surface area contributed by atoms with E-state index in [0.717, 1.165) is 17.4 Å². The van der Waals surface area contributed by atoms with Gasteiger partial charge in [0, 0.05) is 12.1 Å². The molecule has 0 saturated heterocycles. The van der Waals surface area contributed by atoms with Crippen molar-refractivity contribution in [2.45, 2.75) is 82.3 Å². The van der Waals surface area contributed by atoms with Gasteiger partial charge in [-0.15, -0.1) is 10.2 Å². The SMILES string of the molecule is Cc1nnc(S[C@H](C)C(=O)N[C@H]2CCC[C@H](C)[C@@H]2C)n1C1CC1. The van der Waals surface area contributed by atoms with Crippen LogP contribution in [0, 0.1) is 18.8 Å². The molecule has 3 rings (SSSR count). The Hall–Kier alpha value is -1.04. The van der Waals surface area contributed by atoms with Crippen LogP contribution in [0.3, 0.4) is 0 Å². The number of nitrogens with zero attached hydrogens (tertiary/aromatic N) is 3. The molecule has 0 bridgehead atoms. The van der Waals surface area contributed by atoms with Crippen molar-refractivity contribution in [3.05, 3.63) is 5.82 Å². The molecule has 23 heavy (non-hydrogen) atoms. The van der Waals surface area contributed by atoms with E-state index in [2.05, 4.69) is 33.9 Å². The molecule has 1 amide bonds. The van der Waals surface area contributed by atoms with E-state index in [4.69, 9.17) is 0 Å². The van der Waals surface area contributed by atoms with Gasteiger partial charge >= 0.3 is 0 Å². The van der Waals surface area contributed by atoms with Gasteiger partial charge in [-0.25, -0.2) is 0 Å². The predicted octanol–water partition coefficient (Wildman–Crippen LogP) is 3.34. The monoisotopic (exact) mass is 336 g/mol. The molecule has 4 atom stereocenters. The number of amides is 1. The molecule has 2 fully saturated rings. The van der Waals surface area contributed by atoms with E-state index >= 15 is 0 Å². The molecule has 1 heterocycles. The Kier molecular flexibility index (Phi) is 4.99. The van der Waals surface area contributed by atoms with Crippen LogP contribution in [0.2, 0.25) is 0 Å². The number of aromatic nitrogens is 3. The minimum absolute atomic E-state index is 0.129. The molecular weight excluding hydrogens is 308 g/mol. The average Bonchev–Trinajstić information content (AvgIpc) is 3.28. The number of nitrogens with one attached hydrogen (secondary N) is 1. The molecular formula is C17H28N4OS. The zero-order chi connectivity index (χ0) is 16.6. The molecule has 0 radical (unpaired) electrons. The van der Waals surface area contributed by atoms with Gasteiger partial charge in [0.25, 0.3) is 0 Å². The molecule has 1 aromatic heterocycles. The summed E-state index contributed by atoms with van der Waals surface area (Å²) in [4.78, 5) is 12.6. The fourth-order valence-electron chi connectivity index (χ4n) is 3.48. The second-order valence-corrected chi connectivity index (χ2v) is 8.58. The lowest BCUT2D eigenvalue weighted by atomic mass is 9.78. The Bertz CT molecular complexity index is 569. The molecule has 128 valence electrons. The molecule has 0 aromatic carbocycles. The van der Waals surface area contributed by atoms with Gasteiger partial charge in [-0.3, -0.25) is 4.79 Å². The summed E-state index contributed by atoms with van der Waals surface area (Å²) in [6.45, 7) is 8.52. The highest BCUT2D eigenvalue weighted by Gasteiger charge is 2.32. The minimum atomic E-state index is -0.138. The first kappa shape index (κ1) is 16.8. The summed E-state index contributed by atoms with van der Waals surface area (Å²) in [7, 11) is 0. The Labute approximate surface area is 143 Å². The van der Waals surface area contributed by atoms with E-state index in [1.165, 1.54) is 37.4 Å². The smallest absolute Gasteiger partial charge is 0.233 e. The Morgan fingerprint density at radius 3 is 2.70 bits per heavy atom. The van der Waals surface area contributed by atoms with Crippen molar-refractivity contribution in [3.8, 4) is 0 Å². The lowest BCUT2D eigenvalue weighted by Crippen LogP contribution is -2.46. The van der Waals surface area contributed by atoms with Gasteiger partial charge < -0.3 is 9.88 Å². The molecule has 5 nitrogen and oxygen atoms in total. The maximum absolute atomic E-state index is 12.6. The number of hydrogen-bond acceptors (Lipinski definition) is 4. The second kappa shape index (κ2) is 6.83. The van der Waals surface area contributed by atoms with Gasteiger partial charge in [0.2, 0.25) is 5.91 Å². The summed E-state index contributed by atoms with van der Waals surface area (Å²) in [6, 6.07) is 0.860. The number of aryl methyl sites for hydroxylation is 1. The summed E-state index contributed by atoms with van der Waals surface area (Å²) in [6.07, 6.45) is 6.00. The van der Waals surface area contributed by atoms with Gasteiger partial charge in [0.1, 0.15) is 5.82 Å². The van der Waals surface area contributed by atoms with Crippen LogP contribution in [0.4, 0.5) is 0 Å². The number of thioether (sulfide) groups is 1. The molecule has 0 unspecified atom stereocenters. The normalized spacial score (nSPS) is 29.3. The number of carbonyl (C=O) groups is 1. The molecule has 2 aliphatic rings. The van der Waals surface area contributed by atoms with Gasteiger partial charge in [0.05, 0.1) is 5.25 Å². The molecule has 6 heteroatoms. The van der Waals surface area contributed by atoms with Crippen LogP contribution < -0.4 is 5.32 Å². The third-order valence-corrected chi connectivity index (χ3v) is 6.49. The van der Waals surface area contributed by atoms with Crippen LogP contribution in [0.15, 0.2) is 5.16 Å². The molecule has 1 aromatic rings. The first-order valence-electron chi connectivity index (χ1n) is 8.86. The first-order chi connectivity index (χ1) is 11.0. The number of carbonyl (C=O) groups excluding carboxylic acids is 1. The lowest BCUT2D eigenvalue weighted by molar-refractivity contribution is -0.121. The third-order valence-electron chi connectivity index (χ3n) is 5.43. The maximum Gasteiger partial charge on any atom is 0.233 e. The second-order valence-electron chi connectivity index (χ2n) is 7.27. The topological polar surface area (TPSA) is 59.8 Å². The van der Waals surface area contributed by atoms with Crippen LogP contribution in [0.5, 0.6) is 0 Å². The van der Waals surface area contributed by atoms with Crippen molar-refractivity contribution in [1.29, 1.82) is 0 Å². The Morgan fingerprint density at radius 2 is 2.00 bits per heavy atom. The highest BCUT2D eigenvalue weighted by Crippen LogP contribution is 2.39. The summed E-state index contributed by atoms with van der Waals surface area (Å²) in [5.41, 5.74) is 0. The van der Waals surface area contributed by atoms with Crippen LogP contribution >= 0.6 is 11.8 Å². The average molecular weight is 337 g/mol. The highest BCUT2D eigenvalue weighted by atomic mass is 32.2. The maximum atomic E-state index is 12.6. The van der Waals surface area contributed by atoms with E-state index in [1.54, 1.807) is 0 Å². The van der Waals surface area contributed by atoms with Gasteiger partial charge in [-0.1, -0.05) is 38.5 Å². The number of hydrogen-bond donors (Lipinski definition) is 1. The predicted molar refractivity (Wildman–Crippen MR) is 92.5 cm³/mol. The van der Waals surface area contributed by atoms with E-state index < -0.39 is 0 Å². The molecule has 1 N–H and O–H groups in total. The van der Waals surface area contributed by atoms with Crippen LogP contribution in [0.1, 0.15) is 64.7 Å². The van der Waals surface area contributed by atoms with Gasteiger partial charge in [-0.2, -0.15) is 0 Å². The van der Waals surface area contributed by atoms with Crippen molar-refractivity contribution >= 4 is 17.7 Å². The van der Waals surface area contributed by atoms with Crippen LogP contribution in [0.25, 0.3) is 0 Å². The van der Waals surface area contributed by atoms with E-state index in [-0.39, 0.29) is 11.2 Å². The lowest BCUT2D eigenvalue weighted by Gasteiger charge is -2.35. The fraction of sp³-hybridized carbons (Fsp3) is 0.824. The van der Waals surface area contributed by atoms with Crippen molar-refractivity contribution in [3.63, 3.8) is 0 Å². The van der Waals surface area contributed by atoms with Crippen LogP contribution in [-0.4, -0.2) is 32.0 Å². The molecule has 0 aliphatic heterocycles. The highest BCUT2D eigenvalue weighted by molar-refractivity contribution is 8.00.